The summed E-state index contributed by atoms with van der Waals surface area (Å²) in [5.74, 6) is 0. The molecule has 0 atom stereocenters. The highest BCUT2D eigenvalue weighted by atomic mass is 32.2. The minimum absolute atomic E-state index is 0.530. The van der Waals surface area contributed by atoms with E-state index >= 15 is 0 Å². The van der Waals surface area contributed by atoms with E-state index in [0.29, 0.717) is 13.1 Å². The Morgan fingerprint density at radius 1 is 1.35 bits per heavy atom. The first-order valence-corrected chi connectivity index (χ1v) is 8.43. The molecule has 5 nitrogen and oxygen atoms in total. The minimum atomic E-state index is -3.42. The molecule has 20 heavy (non-hydrogen) atoms. The first kappa shape index (κ1) is 15.3. The summed E-state index contributed by atoms with van der Waals surface area (Å²) in [6, 6.07) is 7.77. The second-order valence-electron chi connectivity index (χ2n) is 5.09. The summed E-state index contributed by atoms with van der Waals surface area (Å²) in [5, 5.41) is 3.03. The van der Waals surface area contributed by atoms with Gasteiger partial charge in [0.15, 0.2) is 0 Å². The lowest BCUT2D eigenvalue weighted by Gasteiger charge is -2.33. The predicted octanol–water partition coefficient (Wildman–Crippen LogP) is 1.23. The van der Waals surface area contributed by atoms with E-state index in [9.17, 15) is 8.42 Å². The van der Waals surface area contributed by atoms with E-state index in [1.807, 2.05) is 31.3 Å². The molecule has 0 aliphatic carbocycles. The maximum atomic E-state index is 12.7. The summed E-state index contributed by atoms with van der Waals surface area (Å²) in [6.07, 6.45) is 2.63. The molecule has 0 fully saturated rings. The molecule has 2 rings (SSSR count). The Balaban J connectivity index is 2.18. The van der Waals surface area contributed by atoms with Crippen LogP contribution in [0, 0.1) is 0 Å². The largest absolute Gasteiger partial charge is 0.320 e. The molecular formula is C14H23N3O2S. The van der Waals surface area contributed by atoms with Crippen LogP contribution in [0.2, 0.25) is 0 Å². The van der Waals surface area contributed by atoms with E-state index in [-0.39, 0.29) is 0 Å². The van der Waals surface area contributed by atoms with Gasteiger partial charge in [0.2, 0.25) is 0 Å². The van der Waals surface area contributed by atoms with Crippen molar-refractivity contribution in [3.63, 3.8) is 0 Å². The molecular weight excluding hydrogens is 274 g/mol. The topological polar surface area (TPSA) is 52.7 Å². The van der Waals surface area contributed by atoms with Crippen molar-refractivity contribution >= 4 is 15.9 Å². The summed E-state index contributed by atoms with van der Waals surface area (Å²) < 4.78 is 28.3. The van der Waals surface area contributed by atoms with Crippen LogP contribution in [-0.4, -0.2) is 46.5 Å². The lowest BCUT2D eigenvalue weighted by atomic mass is 10.0. The normalized spacial score (nSPS) is 15.4. The second-order valence-corrected chi connectivity index (χ2v) is 7.05. The van der Waals surface area contributed by atoms with Crippen LogP contribution in [0.4, 0.5) is 5.69 Å². The molecule has 0 saturated carbocycles. The molecule has 1 aliphatic rings. The summed E-state index contributed by atoms with van der Waals surface area (Å²) >= 11 is 0. The smallest absolute Gasteiger partial charge is 0.303 e. The van der Waals surface area contributed by atoms with E-state index in [2.05, 4.69) is 5.32 Å². The third-order valence-electron chi connectivity index (χ3n) is 3.64. The summed E-state index contributed by atoms with van der Waals surface area (Å²) in [7, 11) is 0.108. The van der Waals surface area contributed by atoms with Crippen molar-refractivity contribution in [3.05, 3.63) is 29.8 Å². The maximum Gasteiger partial charge on any atom is 0.303 e. The standard InChI is InChI=1S/C14H23N3O2S/c1-15-10-6-11-16(2)20(18,19)17-12-5-8-13-7-3-4-9-14(13)17/h3-4,7,9,15H,5-6,8,10-12H2,1-2H3. The predicted molar refractivity (Wildman–Crippen MR) is 82.2 cm³/mol. The molecule has 0 radical (unpaired) electrons. The Labute approximate surface area is 121 Å². The third-order valence-corrected chi connectivity index (χ3v) is 5.55. The number of benzene rings is 1. The zero-order chi connectivity index (χ0) is 14.6. The molecule has 1 aromatic carbocycles. The Bertz CT molecular complexity index is 545. The van der Waals surface area contributed by atoms with Gasteiger partial charge in [0.05, 0.1) is 5.69 Å². The molecule has 6 heteroatoms. The van der Waals surface area contributed by atoms with Crippen molar-refractivity contribution in [1.29, 1.82) is 0 Å². The van der Waals surface area contributed by atoms with Crippen molar-refractivity contribution < 1.29 is 8.42 Å². The molecule has 112 valence electrons. The number of nitrogens with zero attached hydrogens (tertiary/aromatic N) is 2. The molecule has 1 N–H and O–H groups in total. The third kappa shape index (κ3) is 3.13. The van der Waals surface area contributed by atoms with Crippen LogP contribution in [0.5, 0.6) is 0 Å². The molecule has 0 bridgehead atoms. The SMILES string of the molecule is CNCCCN(C)S(=O)(=O)N1CCCc2ccccc21. The van der Waals surface area contributed by atoms with Crippen molar-refractivity contribution in [3.8, 4) is 0 Å². The van der Waals surface area contributed by atoms with E-state index in [1.54, 1.807) is 11.4 Å². The Morgan fingerprint density at radius 2 is 2.10 bits per heavy atom. The minimum Gasteiger partial charge on any atom is -0.320 e. The zero-order valence-corrected chi connectivity index (χ0v) is 13.0. The first-order valence-electron chi connectivity index (χ1n) is 7.04. The second kappa shape index (κ2) is 6.56. The molecule has 0 unspecified atom stereocenters. The van der Waals surface area contributed by atoms with Gasteiger partial charge in [-0.15, -0.1) is 0 Å². The summed E-state index contributed by atoms with van der Waals surface area (Å²) in [5.41, 5.74) is 1.95. The lowest BCUT2D eigenvalue weighted by Crippen LogP contribution is -2.45. The van der Waals surface area contributed by atoms with Gasteiger partial charge < -0.3 is 5.32 Å². The maximum absolute atomic E-state index is 12.7. The Hall–Kier alpha value is -1.11. The van der Waals surface area contributed by atoms with E-state index in [4.69, 9.17) is 0 Å². The van der Waals surface area contributed by atoms with Crippen molar-refractivity contribution in [2.75, 3.05) is 38.0 Å². The Kier molecular flexibility index (Phi) is 5.01. The van der Waals surface area contributed by atoms with Crippen LogP contribution >= 0.6 is 0 Å². The fourth-order valence-electron chi connectivity index (χ4n) is 2.50. The number of rotatable bonds is 6. The highest BCUT2D eigenvalue weighted by Gasteiger charge is 2.30. The van der Waals surface area contributed by atoms with E-state index in [1.165, 1.54) is 4.31 Å². The number of nitrogens with one attached hydrogen (secondary N) is 1. The molecule has 1 heterocycles. The van der Waals surface area contributed by atoms with Crippen molar-refractivity contribution in [2.24, 2.45) is 0 Å². The van der Waals surface area contributed by atoms with Crippen molar-refractivity contribution in [1.82, 2.24) is 9.62 Å². The average molecular weight is 297 g/mol. The van der Waals surface area contributed by atoms with Gasteiger partial charge in [-0.25, -0.2) is 0 Å². The van der Waals surface area contributed by atoms with Gasteiger partial charge in [0.1, 0.15) is 0 Å². The molecule has 0 aromatic heterocycles. The van der Waals surface area contributed by atoms with Gasteiger partial charge in [0.25, 0.3) is 0 Å². The van der Waals surface area contributed by atoms with E-state index in [0.717, 1.165) is 37.1 Å². The van der Waals surface area contributed by atoms with E-state index < -0.39 is 10.2 Å². The number of hydrogen-bond acceptors (Lipinski definition) is 3. The number of hydrogen-bond donors (Lipinski definition) is 1. The van der Waals surface area contributed by atoms with Gasteiger partial charge in [-0.05, 0) is 44.5 Å². The fourth-order valence-corrected chi connectivity index (χ4v) is 3.98. The van der Waals surface area contributed by atoms with Crippen LogP contribution in [-0.2, 0) is 16.6 Å². The molecule has 0 saturated heterocycles. The molecule has 0 spiro atoms. The highest BCUT2D eigenvalue weighted by molar-refractivity contribution is 7.90. The summed E-state index contributed by atoms with van der Waals surface area (Å²) in [4.78, 5) is 0. The van der Waals surface area contributed by atoms with Gasteiger partial charge >= 0.3 is 10.2 Å². The van der Waals surface area contributed by atoms with Crippen LogP contribution in [0.1, 0.15) is 18.4 Å². The number of aryl methyl sites for hydroxylation is 1. The fraction of sp³-hybridized carbons (Fsp3) is 0.571. The highest BCUT2D eigenvalue weighted by Crippen LogP contribution is 2.29. The van der Waals surface area contributed by atoms with Gasteiger partial charge in [-0.2, -0.15) is 12.7 Å². The van der Waals surface area contributed by atoms with Crippen molar-refractivity contribution in [2.45, 2.75) is 19.3 Å². The van der Waals surface area contributed by atoms with Crippen LogP contribution < -0.4 is 9.62 Å². The average Bonchev–Trinajstić information content (AvgIpc) is 2.46. The quantitative estimate of drug-likeness (QED) is 0.804. The number of fused-ring (bicyclic) bond motifs is 1. The number of para-hydroxylation sites is 1. The Morgan fingerprint density at radius 3 is 2.85 bits per heavy atom. The molecule has 0 amide bonds. The van der Waals surface area contributed by atoms with Gasteiger partial charge in [0, 0.05) is 20.1 Å². The zero-order valence-electron chi connectivity index (χ0n) is 12.2. The number of anilines is 1. The lowest BCUT2D eigenvalue weighted by molar-refractivity contribution is 0.453. The van der Waals surface area contributed by atoms with Crippen LogP contribution in [0.3, 0.4) is 0 Å². The van der Waals surface area contributed by atoms with Crippen LogP contribution in [0.15, 0.2) is 24.3 Å². The van der Waals surface area contributed by atoms with Gasteiger partial charge in [-0.1, -0.05) is 18.2 Å². The first-order chi connectivity index (χ1) is 9.57. The van der Waals surface area contributed by atoms with Crippen LogP contribution in [0.25, 0.3) is 0 Å². The molecule has 1 aliphatic heterocycles. The monoisotopic (exact) mass is 297 g/mol. The van der Waals surface area contributed by atoms with Gasteiger partial charge in [-0.3, -0.25) is 4.31 Å². The summed E-state index contributed by atoms with van der Waals surface area (Å²) in [6.45, 7) is 1.91. The molecule has 1 aromatic rings.